The number of amides is 1. The average molecular weight is 351 g/mol. The van der Waals surface area contributed by atoms with E-state index in [0.717, 1.165) is 17.1 Å². The van der Waals surface area contributed by atoms with Crippen LogP contribution in [0.1, 0.15) is 21.7 Å². The molecule has 0 fully saturated rings. The zero-order valence-corrected chi connectivity index (χ0v) is 14.6. The van der Waals surface area contributed by atoms with E-state index >= 15 is 0 Å². The van der Waals surface area contributed by atoms with Crippen molar-refractivity contribution in [3.63, 3.8) is 0 Å². The van der Waals surface area contributed by atoms with Crippen molar-refractivity contribution in [2.75, 3.05) is 19.0 Å². The van der Waals surface area contributed by atoms with Crippen molar-refractivity contribution in [3.8, 4) is 5.75 Å². The molecule has 0 aliphatic heterocycles. The monoisotopic (exact) mass is 351 g/mol. The lowest BCUT2D eigenvalue weighted by Crippen LogP contribution is -2.25. The van der Waals surface area contributed by atoms with E-state index in [1.165, 1.54) is 0 Å². The van der Waals surface area contributed by atoms with Crippen molar-refractivity contribution in [2.45, 2.75) is 13.0 Å². The van der Waals surface area contributed by atoms with E-state index in [1.54, 1.807) is 31.7 Å². The Morgan fingerprint density at radius 1 is 1.15 bits per heavy atom. The van der Waals surface area contributed by atoms with Gasteiger partial charge in [-0.2, -0.15) is 0 Å². The van der Waals surface area contributed by atoms with Crippen LogP contribution in [0.3, 0.4) is 0 Å². The molecule has 0 spiro atoms. The van der Waals surface area contributed by atoms with Crippen molar-refractivity contribution >= 4 is 11.7 Å². The summed E-state index contributed by atoms with van der Waals surface area (Å²) >= 11 is 0. The first-order chi connectivity index (χ1) is 12.8. The number of aromatic nitrogens is 1. The number of hydrogen-bond donors (Lipinski definition) is 2. The number of carbonyl (C=O) groups is 1. The molecule has 6 heteroatoms. The largest absolute Gasteiger partial charge is 0.496 e. The van der Waals surface area contributed by atoms with Crippen LogP contribution in [0.15, 0.2) is 65.4 Å². The van der Waals surface area contributed by atoms with Crippen molar-refractivity contribution < 1.29 is 13.9 Å². The third-order valence-electron chi connectivity index (χ3n) is 3.92. The van der Waals surface area contributed by atoms with Crippen LogP contribution >= 0.6 is 0 Å². The summed E-state index contributed by atoms with van der Waals surface area (Å²) in [5.41, 5.74) is 1.58. The highest BCUT2D eigenvalue weighted by Gasteiger charge is 2.07. The molecule has 6 nitrogen and oxygen atoms in total. The van der Waals surface area contributed by atoms with Gasteiger partial charge in [-0.1, -0.05) is 18.2 Å². The summed E-state index contributed by atoms with van der Waals surface area (Å²) in [6.45, 7) is 1.07. The smallest absolute Gasteiger partial charge is 0.252 e. The van der Waals surface area contributed by atoms with Crippen LogP contribution in [0.5, 0.6) is 5.75 Å². The van der Waals surface area contributed by atoms with Gasteiger partial charge in [0.2, 0.25) is 0 Å². The molecule has 0 unspecified atom stereocenters. The molecule has 0 aliphatic rings. The zero-order valence-electron chi connectivity index (χ0n) is 14.6. The number of nitrogens with zero attached hydrogens (tertiary/aromatic N) is 1. The van der Waals surface area contributed by atoms with Crippen LogP contribution in [-0.4, -0.2) is 24.5 Å². The van der Waals surface area contributed by atoms with E-state index < -0.39 is 0 Å². The van der Waals surface area contributed by atoms with Crippen LogP contribution in [0.4, 0.5) is 5.82 Å². The zero-order chi connectivity index (χ0) is 18.2. The van der Waals surface area contributed by atoms with Crippen molar-refractivity contribution in [1.82, 2.24) is 10.3 Å². The number of benzene rings is 1. The Labute approximate surface area is 152 Å². The summed E-state index contributed by atoms with van der Waals surface area (Å²) in [6.07, 6.45) is 3.89. The Balaban J connectivity index is 1.48. The molecule has 0 atom stereocenters. The van der Waals surface area contributed by atoms with Gasteiger partial charge in [0.25, 0.3) is 5.91 Å². The standard InChI is InChI=1S/C20H21N3O3/c1-25-18-7-3-2-5-15(18)10-11-21-20(24)16-8-9-19(22-13-16)23-14-17-6-4-12-26-17/h2-9,12-13H,10-11,14H2,1H3,(H,21,24)(H,22,23). The molecule has 2 heterocycles. The number of rotatable bonds is 8. The first-order valence-electron chi connectivity index (χ1n) is 8.38. The lowest BCUT2D eigenvalue weighted by Gasteiger charge is -2.09. The van der Waals surface area contributed by atoms with Crippen LogP contribution in [-0.2, 0) is 13.0 Å². The third-order valence-corrected chi connectivity index (χ3v) is 3.92. The molecule has 2 N–H and O–H groups in total. The van der Waals surface area contributed by atoms with Gasteiger partial charge >= 0.3 is 0 Å². The van der Waals surface area contributed by atoms with Crippen LogP contribution in [0.2, 0.25) is 0 Å². The molecule has 0 bridgehead atoms. The number of furan rings is 1. The van der Waals surface area contributed by atoms with Crippen LogP contribution in [0.25, 0.3) is 0 Å². The predicted molar refractivity (Wildman–Crippen MR) is 99.3 cm³/mol. The molecule has 0 aliphatic carbocycles. The minimum absolute atomic E-state index is 0.148. The van der Waals surface area contributed by atoms with Gasteiger partial charge in [0.15, 0.2) is 0 Å². The maximum Gasteiger partial charge on any atom is 0.252 e. The first kappa shape index (κ1) is 17.5. The minimum Gasteiger partial charge on any atom is -0.496 e. The molecule has 2 aromatic heterocycles. The fourth-order valence-electron chi connectivity index (χ4n) is 2.55. The summed E-state index contributed by atoms with van der Waals surface area (Å²) in [5.74, 6) is 2.19. The van der Waals surface area contributed by atoms with E-state index in [9.17, 15) is 4.79 Å². The summed E-state index contributed by atoms with van der Waals surface area (Å²) in [5, 5.41) is 6.04. The van der Waals surface area contributed by atoms with Crippen LogP contribution in [0, 0.1) is 0 Å². The van der Waals surface area contributed by atoms with E-state index in [-0.39, 0.29) is 5.91 Å². The molecular formula is C20H21N3O3. The fraction of sp³-hybridized carbons (Fsp3) is 0.200. The maximum absolute atomic E-state index is 12.2. The second kappa shape index (κ2) is 8.71. The van der Waals surface area contributed by atoms with Gasteiger partial charge in [-0.25, -0.2) is 4.98 Å². The molecule has 0 radical (unpaired) electrons. The van der Waals surface area contributed by atoms with E-state index in [2.05, 4.69) is 15.6 Å². The normalized spacial score (nSPS) is 10.3. The molecule has 3 aromatic rings. The van der Waals surface area contributed by atoms with Gasteiger partial charge in [0.1, 0.15) is 17.3 Å². The molecule has 0 saturated carbocycles. The second-order valence-corrected chi connectivity index (χ2v) is 5.68. The number of carbonyl (C=O) groups excluding carboxylic acids is 1. The number of ether oxygens (including phenoxy) is 1. The second-order valence-electron chi connectivity index (χ2n) is 5.68. The third kappa shape index (κ3) is 4.63. The molecule has 0 saturated heterocycles. The highest BCUT2D eigenvalue weighted by atomic mass is 16.5. The summed E-state index contributed by atoms with van der Waals surface area (Å²) in [6, 6.07) is 15.0. The van der Waals surface area contributed by atoms with Gasteiger partial charge in [-0.15, -0.1) is 0 Å². The van der Waals surface area contributed by atoms with Gasteiger partial charge in [0, 0.05) is 12.7 Å². The van der Waals surface area contributed by atoms with Crippen molar-refractivity contribution in [2.24, 2.45) is 0 Å². The van der Waals surface area contributed by atoms with E-state index in [1.807, 2.05) is 36.4 Å². The quantitative estimate of drug-likeness (QED) is 0.651. The Bertz CT molecular complexity index is 830. The van der Waals surface area contributed by atoms with Crippen molar-refractivity contribution in [1.29, 1.82) is 0 Å². The lowest BCUT2D eigenvalue weighted by molar-refractivity contribution is 0.0953. The van der Waals surface area contributed by atoms with E-state index in [4.69, 9.17) is 9.15 Å². The van der Waals surface area contributed by atoms with E-state index in [0.29, 0.717) is 30.9 Å². The Morgan fingerprint density at radius 2 is 2.04 bits per heavy atom. The van der Waals surface area contributed by atoms with Crippen molar-refractivity contribution in [3.05, 3.63) is 77.9 Å². The van der Waals surface area contributed by atoms with Crippen LogP contribution < -0.4 is 15.4 Å². The summed E-state index contributed by atoms with van der Waals surface area (Å²) in [7, 11) is 1.64. The number of hydrogen-bond acceptors (Lipinski definition) is 5. The Kier molecular flexibility index (Phi) is 5.88. The molecule has 1 aromatic carbocycles. The first-order valence-corrected chi connectivity index (χ1v) is 8.38. The number of anilines is 1. The lowest BCUT2D eigenvalue weighted by atomic mass is 10.1. The summed E-state index contributed by atoms with van der Waals surface area (Å²) in [4.78, 5) is 16.5. The van der Waals surface area contributed by atoms with Gasteiger partial charge in [-0.3, -0.25) is 4.79 Å². The number of methoxy groups -OCH3 is 1. The van der Waals surface area contributed by atoms with Gasteiger partial charge < -0.3 is 19.8 Å². The number of para-hydroxylation sites is 1. The number of pyridine rings is 1. The number of nitrogens with one attached hydrogen (secondary N) is 2. The Morgan fingerprint density at radius 3 is 2.77 bits per heavy atom. The SMILES string of the molecule is COc1ccccc1CCNC(=O)c1ccc(NCc2ccco2)nc1. The molecule has 1 amide bonds. The fourth-order valence-corrected chi connectivity index (χ4v) is 2.55. The molecule has 3 rings (SSSR count). The molecule has 134 valence electrons. The predicted octanol–water partition coefficient (Wildman–Crippen LogP) is 3.27. The highest BCUT2D eigenvalue weighted by molar-refractivity contribution is 5.94. The molecular weight excluding hydrogens is 330 g/mol. The highest BCUT2D eigenvalue weighted by Crippen LogP contribution is 2.17. The average Bonchev–Trinajstić information content (AvgIpc) is 3.20. The van der Waals surface area contributed by atoms with Gasteiger partial charge in [-0.05, 0) is 42.3 Å². The summed E-state index contributed by atoms with van der Waals surface area (Å²) < 4.78 is 10.6. The Hall–Kier alpha value is -3.28. The molecule has 26 heavy (non-hydrogen) atoms. The topological polar surface area (TPSA) is 76.4 Å². The maximum atomic E-state index is 12.2. The van der Waals surface area contributed by atoms with Gasteiger partial charge in [0.05, 0.1) is 25.5 Å². The minimum atomic E-state index is -0.148.